The van der Waals surface area contributed by atoms with Gasteiger partial charge in [-0.15, -0.1) is 0 Å². The Morgan fingerprint density at radius 1 is 0.946 bits per heavy atom. The smallest absolute Gasteiger partial charge is 0.264 e. The van der Waals surface area contributed by atoms with E-state index in [4.69, 9.17) is 14.6 Å². The fourth-order valence-corrected chi connectivity index (χ4v) is 13.8. The van der Waals surface area contributed by atoms with Gasteiger partial charge in [-0.25, -0.2) is 5.01 Å². The molecule has 4 heterocycles. The third-order valence-electron chi connectivity index (χ3n) is 12.7. The first kappa shape index (κ1) is 37.8. The molecule has 2 fully saturated rings. The van der Waals surface area contributed by atoms with E-state index in [2.05, 4.69) is 32.2 Å². The van der Waals surface area contributed by atoms with Crippen molar-refractivity contribution in [3.05, 3.63) is 120 Å². The number of hydrogen-bond acceptors (Lipinski definition) is 7. The third kappa shape index (κ3) is 6.45. The minimum atomic E-state index is -2.45. The molecule has 290 valence electrons. The van der Waals surface area contributed by atoms with E-state index in [-0.39, 0.29) is 48.3 Å². The van der Waals surface area contributed by atoms with Crippen molar-refractivity contribution >= 4 is 48.1 Å². The molecule has 4 aromatic carbocycles. The van der Waals surface area contributed by atoms with Gasteiger partial charge in [0.2, 0.25) is 11.8 Å². The summed E-state index contributed by atoms with van der Waals surface area (Å²) in [4.78, 5) is 45.9. The molecule has 0 aromatic heterocycles. The molecule has 4 aliphatic heterocycles. The Labute approximate surface area is 329 Å². The molecule has 11 heteroatoms. The van der Waals surface area contributed by atoms with Crippen molar-refractivity contribution in [1.82, 2.24) is 4.90 Å². The first-order chi connectivity index (χ1) is 27.1. The summed E-state index contributed by atoms with van der Waals surface area (Å²) >= 11 is 0. The van der Waals surface area contributed by atoms with Gasteiger partial charge in [0, 0.05) is 30.9 Å². The number of nitrogens with zero attached hydrogens (tertiary/aromatic N) is 4. The number of methoxy groups -OCH3 is 1. The SMILES string of the molecule is COc1ccc([Si](C)(C)[C@@H]2[C@@H](CC(=O)N3CCC[C@H]3CO)O[C@]3(C(=O)N(Cc4ccc(N5N=C(c6ccccc6)CCC5=O)cc4)c4ccccc43)[C@H]2C)cc1. The van der Waals surface area contributed by atoms with Crippen molar-refractivity contribution in [2.75, 3.05) is 30.2 Å². The van der Waals surface area contributed by atoms with Gasteiger partial charge in [0.15, 0.2) is 5.60 Å². The number of aliphatic hydroxyl groups is 1. The summed E-state index contributed by atoms with van der Waals surface area (Å²) in [5.74, 6) is 0.294. The van der Waals surface area contributed by atoms with E-state index in [9.17, 15) is 14.7 Å². The predicted octanol–water partition coefficient (Wildman–Crippen LogP) is 6.36. The summed E-state index contributed by atoms with van der Waals surface area (Å²) < 4.78 is 12.7. The molecule has 56 heavy (non-hydrogen) atoms. The summed E-state index contributed by atoms with van der Waals surface area (Å²) in [5, 5.41) is 17.5. The Morgan fingerprint density at radius 3 is 2.38 bits per heavy atom. The molecular weight excluding hydrogens is 721 g/mol. The second-order valence-corrected chi connectivity index (χ2v) is 20.8. The lowest BCUT2D eigenvalue weighted by Gasteiger charge is -2.37. The minimum Gasteiger partial charge on any atom is -0.497 e. The Bertz CT molecular complexity index is 2140. The molecule has 0 unspecified atom stereocenters. The molecule has 2 saturated heterocycles. The first-order valence-corrected chi connectivity index (χ1v) is 22.8. The largest absolute Gasteiger partial charge is 0.497 e. The van der Waals surface area contributed by atoms with E-state index < -0.39 is 19.8 Å². The van der Waals surface area contributed by atoms with Gasteiger partial charge in [0.1, 0.15) is 5.75 Å². The van der Waals surface area contributed by atoms with Crippen molar-refractivity contribution in [2.45, 2.75) is 82.0 Å². The number of rotatable bonds is 10. The minimum absolute atomic E-state index is 0.0385. The zero-order valence-electron chi connectivity index (χ0n) is 32.6. The molecular formula is C45H50N4O6Si. The zero-order chi connectivity index (χ0) is 39.2. The monoisotopic (exact) mass is 770 g/mol. The Kier molecular flexibility index (Phi) is 10.2. The van der Waals surface area contributed by atoms with Crippen LogP contribution in [0.3, 0.4) is 0 Å². The molecule has 0 aliphatic carbocycles. The second-order valence-electron chi connectivity index (χ2n) is 16.1. The van der Waals surface area contributed by atoms with Gasteiger partial charge in [-0.2, -0.15) is 5.10 Å². The predicted molar refractivity (Wildman–Crippen MR) is 220 cm³/mol. The molecule has 8 rings (SSSR count). The van der Waals surface area contributed by atoms with E-state index in [1.54, 1.807) is 7.11 Å². The van der Waals surface area contributed by atoms with Gasteiger partial charge in [-0.05, 0) is 59.8 Å². The van der Waals surface area contributed by atoms with E-state index in [0.29, 0.717) is 31.6 Å². The average Bonchev–Trinajstić information content (AvgIpc) is 3.89. The molecule has 1 N–H and O–H groups in total. The summed E-state index contributed by atoms with van der Waals surface area (Å²) in [6, 6.07) is 33.5. The van der Waals surface area contributed by atoms with E-state index >= 15 is 4.79 Å². The molecule has 5 atom stereocenters. The standard InChI is InChI=1S/C45H50N4O6Si/c1-30-43(56(3,4)36-22-20-35(54-2)21-23-36)40(27-42(52)47-26-10-13-34(47)29-50)55-45(30)37-14-8-9-15-39(37)48(44(45)53)28-31-16-18-33(19-17-31)49-41(51)25-24-38(46-49)32-11-6-5-7-12-32/h5-9,11-12,14-23,30,34,40,43,50H,10,13,24-29H2,1-4H3/t30-,34-,40+,43-,45+/m0/s1. The van der Waals surface area contributed by atoms with E-state index in [0.717, 1.165) is 46.7 Å². The normalized spacial score (nSPS) is 24.9. The lowest BCUT2D eigenvalue weighted by molar-refractivity contribution is -0.150. The Balaban J connectivity index is 1.11. The van der Waals surface area contributed by atoms with Gasteiger partial charge in [-0.3, -0.25) is 14.4 Å². The maximum absolute atomic E-state index is 15.2. The van der Waals surface area contributed by atoms with Gasteiger partial charge in [0.05, 0.1) is 64.0 Å². The first-order valence-electron chi connectivity index (χ1n) is 19.8. The van der Waals surface area contributed by atoms with Gasteiger partial charge in [0.25, 0.3) is 5.91 Å². The number of aliphatic hydroxyl groups excluding tert-OH is 1. The van der Waals surface area contributed by atoms with E-state index in [1.165, 1.54) is 10.2 Å². The van der Waals surface area contributed by atoms with Gasteiger partial charge < -0.3 is 24.4 Å². The third-order valence-corrected chi connectivity index (χ3v) is 17.0. The maximum atomic E-state index is 15.2. The number of hydrogen-bond donors (Lipinski definition) is 1. The van der Waals surface area contributed by atoms with Crippen molar-refractivity contribution in [2.24, 2.45) is 11.0 Å². The van der Waals surface area contributed by atoms with Crippen LogP contribution in [0.2, 0.25) is 18.6 Å². The van der Waals surface area contributed by atoms with Crippen molar-refractivity contribution in [3.8, 4) is 5.75 Å². The number of carbonyl (C=O) groups is 3. The van der Waals surface area contributed by atoms with Crippen molar-refractivity contribution in [1.29, 1.82) is 0 Å². The highest BCUT2D eigenvalue weighted by atomic mass is 28.3. The summed E-state index contributed by atoms with van der Waals surface area (Å²) in [6.07, 6.45) is 2.23. The molecule has 4 aliphatic rings. The number of likely N-dealkylation sites (tertiary alicyclic amines) is 1. The van der Waals surface area contributed by atoms with Crippen LogP contribution < -0.4 is 19.8 Å². The Hall–Kier alpha value is -5.10. The van der Waals surface area contributed by atoms with Crippen LogP contribution in [0.4, 0.5) is 11.4 Å². The summed E-state index contributed by atoms with van der Waals surface area (Å²) in [5.41, 5.74) is 3.69. The summed E-state index contributed by atoms with van der Waals surface area (Å²) in [6.45, 7) is 7.61. The number of benzene rings is 4. The highest BCUT2D eigenvalue weighted by Gasteiger charge is 2.66. The second kappa shape index (κ2) is 15.1. The Morgan fingerprint density at radius 2 is 1.66 bits per heavy atom. The molecule has 0 radical (unpaired) electrons. The van der Waals surface area contributed by atoms with Crippen LogP contribution in [-0.4, -0.2) is 73.9 Å². The number of fused-ring (bicyclic) bond motifs is 2. The number of anilines is 2. The quantitative estimate of drug-likeness (QED) is 0.188. The average molecular weight is 771 g/mol. The van der Waals surface area contributed by atoms with Crippen LogP contribution in [0, 0.1) is 5.92 Å². The number of hydrazone groups is 1. The highest BCUT2D eigenvalue weighted by molar-refractivity contribution is 6.91. The fourth-order valence-electron chi connectivity index (χ4n) is 9.79. The number of carbonyl (C=O) groups excluding carboxylic acids is 3. The summed E-state index contributed by atoms with van der Waals surface area (Å²) in [7, 11) is -0.794. The zero-order valence-corrected chi connectivity index (χ0v) is 33.6. The van der Waals surface area contributed by atoms with Crippen molar-refractivity contribution < 1.29 is 29.0 Å². The number of ether oxygens (including phenoxy) is 2. The number of amides is 3. The van der Waals surface area contributed by atoms with Crippen LogP contribution >= 0.6 is 0 Å². The lowest BCUT2D eigenvalue weighted by atomic mass is 9.82. The lowest BCUT2D eigenvalue weighted by Crippen LogP contribution is -2.52. The van der Waals surface area contributed by atoms with E-state index in [1.807, 2.05) is 101 Å². The fraction of sp³-hybridized carbons (Fsp3) is 0.378. The van der Waals surface area contributed by atoms with Crippen LogP contribution in [0.5, 0.6) is 5.75 Å². The molecule has 3 amide bonds. The van der Waals surface area contributed by atoms with Crippen LogP contribution in [0.1, 0.15) is 55.7 Å². The van der Waals surface area contributed by atoms with Gasteiger partial charge in [-0.1, -0.05) is 98.0 Å². The van der Waals surface area contributed by atoms with Crippen LogP contribution in [0.15, 0.2) is 108 Å². The van der Waals surface area contributed by atoms with Gasteiger partial charge >= 0.3 is 0 Å². The van der Waals surface area contributed by atoms with Crippen LogP contribution in [0.25, 0.3) is 0 Å². The molecule has 0 saturated carbocycles. The number of para-hydroxylation sites is 1. The highest BCUT2D eigenvalue weighted by Crippen LogP contribution is 2.60. The molecule has 1 spiro atoms. The van der Waals surface area contributed by atoms with Crippen LogP contribution in [-0.2, 0) is 31.3 Å². The molecule has 0 bridgehead atoms. The topological polar surface area (TPSA) is 112 Å². The molecule has 4 aromatic rings. The maximum Gasteiger partial charge on any atom is 0.264 e. The molecule has 10 nitrogen and oxygen atoms in total. The van der Waals surface area contributed by atoms with Crippen molar-refractivity contribution in [3.63, 3.8) is 0 Å².